The zero-order valence-corrected chi connectivity index (χ0v) is 13.0. The van der Waals surface area contributed by atoms with Crippen LogP contribution in [0.25, 0.3) is 0 Å². The fraction of sp³-hybridized carbons (Fsp3) is 1.00. The average Bonchev–Trinajstić information content (AvgIpc) is 2.52. The van der Waals surface area contributed by atoms with Crippen LogP contribution in [0.2, 0.25) is 0 Å². The summed E-state index contributed by atoms with van der Waals surface area (Å²) in [5, 5.41) is 0. The van der Waals surface area contributed by atoms with Crippen LogP contribution >= 0.6 is 7.82 Å². The Labute approximate surface area is 119 Å². The molecule has 0 bridgehead atoms. The highest BCUT2D eigenvalue weighted by atomic mass is 31.2. The molecule has 20 heavy (non-hydrogen) atoms. The van der Waals surface area contributed by atoms with Crippen molar-refractivity contribution in [3.05, 3.63) is 0 Å². The van der Waals surface area contributed by atoms with Crippen LogP contribution in [0.15, 0.2) is 0 Å². The standard InChI is InChI=1S/C11H21BFO6P/c1-6(2)16-5-8-10(9(13)11(12)17-8)19-20(14,15)18-7(3)4/h6-11H,5H2,1-4H3,(H,14,15)/t8-,9?,10-,11-/m1/s1. The van der Waals surface area contributed by atoms with Crippen molar-refractivity contribution in [2.75, 3.05) is 6.61 Å². The van der Waals surface area contributed by atoms with Crippen LogP contribution in [-0.4, -0.2) is 55.9 Å². The normalized spacial score (nSPS) is 33.8. The van der Waals surface area contributed by atoms with Gasteiger partial charge in [-0.2, -0.15) is 0 Å². The number of hydrogen-bond donors (Lipinski definition) is 1. The molecule has 1 saturated heterocycles. The molecule has 0 amide bonds. The van der Waals surface area contributed by atoms with Gasteiger partial charge in [-0.15, -0.1) is 0 Å². The highest BCUT2D eigenvalue weighted by molar-refractivity contribution is 7.47. The summed E-state index contributed by atoms with van der Waals surface area (Å²) in [5.41, 5.74) is 0. The smallest absolute Gasteiger partial charge is 0.376 e. The van der Waals surface area contributed by atoms with Crippen LogP contribution in [-0.2, 0) is 23.1 Å². The van der Waals surface area contributed by atoms with Crippen molar-refractivity contribution in [3.63, 3.8) is 0 Å². The lowest BCUT2D eigenvalue weighted by molar-refractivity contribution is -0.0493. The van der Waals surface area contributed by atoms with Gasteiger partial charge in [0.25, 0.3) is 0 Å². The largest absolute Gasteiger partial charge is 0.472 e. The third-order valence-corrected chi connectivity index (χ3v) is 3.72. The minimum atomic E-state index is -4.38. The van der Waals surface area contributed by atoms with Crippen LogP contribution in [0.1, 0.15) is 27.7 Å². The van der Waals surface area contributed by atoms with Gasteiger partial charge in [0.15, 0.2) is 0 Å². The maximum absolute atomic E-state index is 13.9. The molecule has 1 rings (SSSR count). The topological polar surface area (TPSA) is 74.2 Å². The number of phosphoric acid groups is 1. The number of rotatable bonds is 7. The summed E-state index contributed by atoms with van der Waals surface area (Å²) in [4.78, 5) is 9.55. The van der Waals surface area contributed by atoms with E-state index >= 15 is 0 Å². The third kappa shape index (κ3) is 5.43. The molecule has 0 aromatic heterocycles. The minimum Gasteiger partial charge on any atom is -0.376 e. The molecule has 9 heteroatoms. The molecule has 2 unspecified atom stereocenters. The second kappa shape index (κ2) is 7.34. The van der Waals surface area contributed by atoms with Gasteiger partial charge in [-0.3, -0.25) is 9.05 Å². The highest BCUT2D eigenvalue weighted by Gasteiger charge is 2.47. The molecule has 0 spiro atoms. The van der Waals surface area contributed by atoms with Gasteiger partial charge in [-0.1, -0.05) is 0 Å². The van der Waals surface area contributed by atoms with Gasteiger partial charge in [0, 0.05) is 0 Å². The van der Waals surface area contributed by atoms with E-state index in [1.54, 1.807) is 27.7 Å². The van der Waals surface area contributed by atoms with Crippen molar-refractivity contribution in [2.45, 2.75) is 64.3 Å². The Balaban J connectivity index is 2.69. The average molecular weight is 310 g/mol. The molecule has 0 aromatic carbocycles. The lowest BCUT2D eigenvalue weighted by Crippen LogP contribution is -2.35. The SMILES string of the molecule is [B][C@@H]1O[C@H](COC(C)C)[C@@H](OP(=O)(O)OC(C)C)C1F. The Morgan fingerprint density at radius 1 is 1.35 bits per heavy atom. The van der Waals surface area contributed by atoms with Crippen molar-refractivity contribution in [1.29, 1.82) is 0 Å². The van der Waals surface area contributed by atoms with Crippen molar-refractivity contribution in [1.82, 2.24) is 0 Å². The van der Waals surface area contributed by atoms with Crippen LogP contribution < -0.4 is 0 Å². The predicted molar refractivity (Wildman–Crippen MR) is 71.3 cm³/mol. The number of alkyl halides is 1. The Morgan fingerprint density at radius 3 is 2.45 bits per heavy atom. The van der Waals surface area contributed by atoms with E-state index in [0.29, 0.717) is 0 Å². The summed E-state index contributed by atoms with van der Waals surface area (Å²) >= 11 is 0. The second-order valence-corrected chi connectivity index (χ2v) is 6.52. The van der Waals surface area contributed by atoms with Crippen LogP contribution in [0.4, 0.5) is 4.39 Å². The molecule has 6 nitrogen and oxygen atoms in total. The Hall–Kier alpha value is 0.0249. The molecule has 0 saturated carbocycles. The lowest BCUT2D eigenvalue weighted by atomic mass is 9.94. The Morgan fingerprint density at radius 2 is 1.95 bits per heavy atom. The van der Waals surface area contributed by atoms with Gasteiger partial charge in [-0.25, -0.2) is 8.96 Å². The summed E-state index contributed by atoms with van der Waals surface area (Å²) in [6, 6.07) is -1.22. The van der Waals surface area contributed by atoms with Crippen molar-refractivity contribution in [2.24, 2.45) is 0 Å². The molecule has 2 radical (unpaired) electrons. The minimum absolute atomic E-state index is 0.0120. The Bertz CT molecular complexity index is 356. The zero-order chi connectivity index (χ0) is 15.5. The maximum Gasteiger partial charge on any atom is 0.472 e. The molecule has 1 N–H and O–H groups in total. The molecular weight excluding hydrogens is 289 g/mol. The molecule has 1 fully saturated rings. The first-order chi connectivity index (χ1) is 9.12. The fourth-order valence-corrected chi connectivity index (χ4v) is 2.88. The Kier molecular flexibility index (Phi) is 6.63. The van der Waals surface area contributed by atoms with E-state index < -0.39 is 38.3 Å². The fourth-order valence-electron chi connectivity index (χ4n) is 1.74. The first kappa shape index (κ1) is 18.1. The van der Waals surface area contributed by atoms with E-state index in [2.05, 4.69) is 0 Å². The van der Waals surface area contributed by atoms with Crippen molar-refractivity contribution >= 4 is 15.7 Å². The quantitative estimate of drug-likeness (QED) is 0.568. The molecule has 1 heterocycles. The van der Waals surface area contributed by atoms with Gasteiger partial charge in [-0.05, 0) is 27.7 Å². The van der Waals surface area contributed by atoms with E-state index in [9.17, 15) is 13.8 Å². The van der Waals surface area contributed by atoms with E-state index in [4.69, 9.17) is 26.4 Å². The van der Waals surface area contributed by atoms with Crippen LogP contribution in [0.3, 0.4) is 0 Å². The number of ether oxygens (including phenoxy) is 2. The first-order valence-electron chi connectivity index (χ1n) is 6.48. The van der Waals surface area contributed by atoms with Gasteiger partial charge >= 0.3 is 7.82 Å². The molecule has 1 aliphatic rings. The first-order valence-corrected chi connectivity index (χ1v) is 7.98. The van der Waals surface area contributed by atoms with Crippen molar-refractivity contribution in [3.8, 4) is 0 Å². The summed E-state index contributed by atoms with van der Waals surface area (Å²) < 4.78 is 45.7. The monoisotopic (exact) mass is 310 g/mol. The molecule has 1 aliphatic heterocycles. The number of hydrogen-bond acceptors (Lipinski definition) is 5. The summed E-state index contributed by atoms with van der Waals surface area (Å²) in [6.45, 7) is 6.75. The summed E-state index contributed by atoms with van der Waals surface area (Å²) in [7, 11) is 1.06. The van der Waals surface area contributed by atoms with E-state index in [0.717, 1.165) is 0 Å². The second-order valence-electron chi connectivity index (χ2n) is 5.16. The van der Waals surface area contributed by atoms with E-state index in [-0.39, 0.29) is 12.7 Å². The van der Waals surface area contributed by atoms with Gasteiger partial charge < -0.3 is 14.4 Å². The molecule has 5 atom stereocenters. The number of phosphoric ester groups is 1. The molecule has 0 aliphatic carbocycles. The maximum atomic E-state index is 13.9. The van der Waals surface area contributed by atoms with Crippen LogP contribution in [0, 0.1) is 0 Å². The zero-order valence-electron chi connectivity index (χ0n) is 12.1. The summed E-state index contributed by atoms with van der Waals surface area (Å²) in [5.74, 6) is 0. The third-order valence-electron chi connectivity index (χ3n) is 2.52. The van der Waals surface area contributed by atoms with E-state index in [1.165, 1.54) is 0 Å². The van der Waals surface area contributed by atoms with Crippen LogP contribution in [0.5, 0.6) is 0 Å². The number of halogens is 1. The van der Waals surface area contributed by atoms with Crippen molar-refractivity contribution < 1.29 is 32.4 Å². The lowest BCUT2D eigenvalue weighted by Gasteiger charge is -2.23. The summed E-state index contributed by atoms with van der Waals surface area (Å²) in [6.07, 6.45) is -4.53. The van der Waals surface area contributed by atoms with Gasteiger partial charge in [0.05, 0.1) is 24.8 Å². The predicted octanol–water partition coefficient (Wildman–Crippen LogP) is 1.55. The molecule has 116 valence electrons. The molecule has 0 aromatic rings. The van der Waals surface area contributed by atoms with E-state index in [1.807, 2.05) is 0 Å². The molecular formula is C11H21BFO6P. The highest BCUT2D eigenvalue weighted by Crippen LogP contribution is 2.48. The van der Waals surface area contributed by atoms with Gasteiger partial charge in [0.2, 0.25) is 0 Å². The van der Waals surface area contributed by atoms with Gasteiger partial charge in [0.1, 0.15) is 26.2 Å².